The molecule has 0 aromatic heterocycles. The van der Waals surface area contributed by atoms with Crippen molar-refractivity contribution in [1.29, 1.82) is 0 Å². The molecule has 0 saturated heterocycles. The van der Waals surface area contributed by atoms with Gasteiger partial charge in [0.05, 0.1) is 12.7 Å². The molecular formula is C11H15Cl2NO2. The van der Waals surface area contributed by atoms with Crippen molar-refractivity contribution in [3.8, 4) is 0 Å². The standard InChI is InChI=1S/C11H15Cl2NO2/c1-16-5-4-14-7-11(15)9-3-2-8(12)6-10(9)13/h2-3,6,11,14-15H,4-5,7H2,1H3. The van der Waals surface area contributed by atoms with Gasteiger partial charge in [-0.1, -0.05) is 29.3 Å². The van der Waals surface area contributed by atoms with Crippen LogP contribution in [0.3, 0.4) is 0 Å². The molecule has 0 amide bonds. The molecule has 0 spiro atoms. The van der Waals surface area contributed by atoms with Gasteiger partial charge in [0.2, 0.25) is 0 Å². The average Bonchev–Trinajstić information content (AvgIpc) is 2.24. The molecule has 3 nitrogen and oxygen atoms in total. The lowest BCUT2D eigenvalue weighted by Crippen LogP contribution is -2.25. The van der Waals surface area contributed by atoms with Crippen LogP contribution >= 0.6 is 23.2 Å². The van der Waals surface area contributed by atoms with Gasteiger partial charge in [-0.2, -0.15) is 0 Å². The Morgan fingerprint density at radius 1 is 1.44 bits per heavy atom. The normalized spacial score (nSPS) is 12.8. The molecule has 1 aromatic rings. The van der Waals surface area contributed by atoms with Gasteiger partial charge in [-0.25, -0.2) is 0 Å². The fraction of sp³-hybridized carbons (Fsp3) is 0.455. The number of halogens is 2. The van der Waals surface area contributed by atoms with E-state index in [0.717, 1.165) is 0 Å². The van der Waals surface area contributed by atoms with E-state index in [1.54, 1.807) is 25.3 Å². The Hall–Kier alpha value is -0.320. The van der Waals surface area contributed by atoms with Crippen LogP contribution in [-0.2, 0) is 4.74 Å². The summed E-state index contributed by atoms with van der Waals surface area (Å²) in [4.78, 5) is 0. The molecule has 0 aliphatic heterocycles. The van der Waals surface area contributed by atoms with E-state index in [4.69, 9.17) is 27.9 Å². The summed E-state index contributed by atoms with van der Waals surface area (Å²) in [6, 6.07) is 5.06. The lowest BCUT2D eigenvalue weighted by molar-refractivity contribution is 0.161. The van der Waals surface area contributed by atoms with E-state index >= 15 is 0 Å². The number of aliphatic hydroxyl groups excluding tert-OH is 1. The molecule has 1 rings (SSSR count). The van der Waals surface area contributed by atoms with Crippen LogP contribution in [0.5, 0.6) is 0 Å². The van der Waals surface area contributed by atoms with Crippen LogP contribution in [0.4, 0.5) is 0 Å². The minimum absolute atomic E-state index is 0.435. The summed E-state index contributed by atoms with van der Waals surface area (Å²) in [5.74, 6) is 0. The first-order chi connectivity index (χ1) is 7.65. The largest absolute Gasteiger partial charge is 0.387 e. The Labute approximate surface area is 105 Å². The zero-order valence-electron chi connectivity index (χ0n) is 9.04. The summed E-state index contributed by atoms with van der Waals surface area (Å²) in [6.07, 6.45) is -0.637. The van der Waals surface area contributed by atoms with Crippen molar-refractivity contribution in [1.82, 2.24) is 5.32 Å². The molecule has 1 unspecified atom stereocenters. The number of rotatable bonds is 6. The molecule has 16 heavy (non-hydrogen) atoms. The Morgan fingerprint density at radius 3 is 2.81 bits per heavy atom. The predicted octanol–water partition coefficient (Wildman–Crippen LogP) is 2.26. The molecule has 0 aliphatic rings. The minimum atomic E-state index is -0.637. The van der Waals surface area contributed by atoms with E-state index in [1.165, 1.54) is 0 Å². The molecule has 0 bridgehead atoms. The maximum absolute atomic E-state index is 9.86. The summed E-state index contributed by atoms with van der Waals surface area (Å²) < 4.78 is 4.88. The third kappa shape index (κ3) is 4.28. The molecule has 1 aromatic carbocycles. The van der Waals surface area contributed by atoms with Gasteiger partial charge in [0.1, 0.15) is 0 Å². The van der Waals surface area contributed by atoms with E-state index in [9.17, 15) is 5.11 Å². The third-order valence-electron chi connectivity index (χ3n) is 2.14. The van der Waals surface area contributed by atoms with E-state index in [2.05, 4.69) is 5.32 Å². The lowest BCUT2D eigenvalue weighted by Gasteiger charge is -2.13. The summed E-state index contributed by atoms with van der Waals surface area (Å²) in [6.45, 7) is 1.74. The molecule has 2 N–H and O–H groups in total. The number of benzene rings is 1. The minimum Gasteiger partial charge on any atom is -0.387 e. The van der Waals surface area contributed by atoms with Gasteiger partial charge in [-0.3, -0.25) is 0 Å². The number of hydrogen-bond acceptors (Lipinski definition) is 3. The summed E-state index contributed by atoms with van der Waals surface area (Å²) in [5, 5.41) is 14.0. The van der Waals surface area contributed by atoms with Crippen molar-refractivity contribution < 1.29 is 9.84 Å². The number of hydrogen-bond donors (Lipinski definition) is 2. The fourth-order valence-electron chi connectivity index (χ4n) is 1.29. The summed E-state index contributed by atoms with van der Waals surface area (Å²) in [5.41, 5.74) is 0.677. The van der Waals surface area contributed by atoms with E-state index in [0.29, 0.717) is 35.3 Å². The van der Waals surface area contributed by atoms with Gasteiger partial charge in [0.15, 0.2) is 0 Å². The van der Waals surface area contributed by atoms with Crippen LogP contribution in [0.2, 0.25) is 10.0 Å². The van der Waals surface area contributed by atoms with Crippen molar-refractivity contribution in [2.75, 3.05) is 26.8 Å². The van der Waals surface area contributed by atoms with Gasteiger partial charge in [0.25, 0.3) is 0 Å². The second-order valence-electron chi connectivity index (χ2n) is 3.38. The van der Waals surface area contributed by atoms with Crippen LogP contribution in [-0.4, -0.2) is 31.9 Å². The van der Waals surface area contributed by atoms with E-state index in [-0.39, 0.29) is 0 Å². The third-order valence-corrected chi connectivity index (χ3v) is 2.70. The van der Waals surface area contributed by atoms with Crippen molar-refractivity contribution in [2.24, 2.45) is 0 Å². The monoisotopic (exact) mass is 263 g/mol. The first-order valence-electron chi connectivity index (χ1n) is 4.98. The van der Waals surface area contributed by atoms with Crippen LogP contribution in [0.25, 0.3) is 0 Å². The highest BCUT2D eigenvalue weighted by atomic mass is 35.5. The molecule has 90 valence electrons. The fourth-order valence-corrected chi connectivity index (χ4v) is 1.83. The van der Waals surface area contributed by atoms with E-state index < -0.39 is 6.10 Å². The van der Waals surface area contributed by atoms with Gasteiger partial charge >= 0.3 is 0 Å². The Kier molecular flexibility index (Phi) is 6.09. The first kappa shape index (κ1) is 13.7. The molecule has 0 fully saturated rings. The maximum Gasteiger partial charge on any atom is 0.0928 e. The van der Waals surface area contributed by atoms with Gasteiger partial charge < -0.3 is 15.2 Å². The molecule has 0 saturated carbocycles. The number of ether oxygens (including phenoxy) is 1. The van der Waals surface area contributed by atoms with Gasteiger partial charge in [0, 0.05) is 35.8 Å². The zero-order chi connectivity index (χ0) is 12.0. The quantitative estimate of drug-likeness (QED) is 0.774. The van der Waals surface area contributed by atoms with Crippen molar-refractivity contribution in [2.45, 2.75) is 6.10 Å². The molecule has 1 atom stereocenters. The number of aliphatic hydroxyl groups is 1. The average molecular weight is 264 g/mol. The van der Waals surface area contributed by atoms with Crippen LogP contribution in [0.15, 0.2) is 18.2 Å². The van der Waals surface area contributed by atoms with E-state index in [1.807, 2.05) is 0 Å². The second kappa shape index (κ2) is 7.09. The lowest BCUT2D eigenvalue weighted by atomic mass is 10.1. The molecule has 0 radical (unpaired) electrons. The Balaban J connectivity index is 2.49. The number of nitrogens with one attached hydrogen (secondary N) is 1. The maximum atomic E-state index is 9.86. The van der Waals surface area contributed by atoms with Crippen LogP contribution in [0.1, 0.15) is 11.7 Å². The Morgan fingerprint density at radius 2 is 2.19 bits per heavy atom. The zero-order valence-corrected chi connectivity index (χ0v) is 10.6. The van der Waals surface area contributed by atoms with Gasteiger partial charge in [-0.05, 0) is 12.1 Å². The topological polar surface area (TPSA) is 41.5 Å². The highest BCUT2D eigenvalue weighted by molar-refractivity contribution is 6.35. The molecule has 0 aliphatic carbocycles. The molecule has 5 heteroatoms. The molecular weight excluding hydrogens is 249 g/mol. The highest BCUT2D eigenvalue weighted by Crippen LogP contribution is 2.25. The Bertz CT molecular complexity index is 334. The molecule has 0 heterocycles. The van der Waals surface area contributed by atoms with Crippen molar-refractivity contribution in [3.05, 3.63) is 33.8 Å². The SMILES string of the molecule is COCCNCC(O)c1ccc(Cl)cc1Cl. The smallest absolute Gasteiger partial charge is 0.0928 e. The van der Waals surface area contributed by atoms with Crippen molar-refractivity contribution >= 4 is 23.2 Å². The summed E-state index contributed by atoms with van der Waals surface area (Å²) in [7, 11) is 1.63. The first-order valence-corrected chi connectivity index (χ1v) is 5.73. The highest BCUT2D eigenvalue weighted by Gasteiger charge is 2.11. The van der Waals surface area contributed by atoms with Gasteiger partial charge in [-0.15, -0.1) is 0 Å². The van der Waals surface area contributed by atoms with Crippen LogP contribution in [0, 0.1) is 0 Å². The summed E-state index contributed by atoms with van der Waals surface area (Å²) >= 11 is 11.7. The number of methoxy groups -OCH3 is 1. The second-order valence-corrected chi connectivity index (χ2v) is 4.22. The van der Waals surface area contributed by atoms with Crippen LogP contribution < -0.4 is 5.32 Å². The van der Waals surface area contributed by atoms with Crippen molar-refractivity contribution in [3.63, 3.8) is 0 Å². The predicted molar refractivity (Wildman–Crippen MR) is 66.2 cm³/mol.